The Labute approximate surface area is 148 Å². The molecular formula is C17H20N5O4+. The van der Waals surface area contributed by atoms with Gasteiger partial charge in [0.15, 0.2) is 18.1 Å². The quantitative estimate of drug-likeness (QED) is 0.471. The highest BCUT2D eigenvalue weighted by atomic mass is 16.5. The third kappa shape index (κ3) is 2.75. The van der Waals surface area contributed by atoms with E-state index in [1.165, 1.54) is 0 Å². The molecule has 4 rings (SSSR count). The molecule has 0 unspecified atom stereocenters. The lowest BCUT2D eigenvalue weighted by atomic mass is 10.2. The fourth-order valence-corrected chi connectivity index (χ4v) is 3.27. The van der Waals surface area contributed by atoms with Crippen molar-refractivity contribution in [2.75, 3.05) is 12.3 Å². The number of imidazole rings is 1. The van der Waals surface area contributed by atoms with Gasteiger partial charge < -0.3 is 25.8 Å². The second-order valence-electron chi connectivity index (χ2n) is 6.33. The maximum atomic E-state index is 10.1. The molecule has 9 heteroatoms. The zero-order valence-electron chi connectivity index (χ0n) is 13.9. The van der Waals surface area contributed by atoms with E-state index < -0.39 is 18.4 Å². The number of aliphatic hydroxyl groups is 2. The molecule has 3 atom stereocenters. The fraction of sp³-hybridized carbons (Fsp3) is 0.353. The number of aromatic hydroxyl groups is 1. The van der Waals surface area contributed by atoms with Gasteiger partial charge >= 0.3 is 0 Å². The molecule has 26 heavy (non-hydrogen) atoms. The molecule has 136 valence electrons. The molecule has 1 aliphatic rings. The summed E-state index contributed by atoms with van der Waals surface area (Å²) in [6.45, 7) is 0.104. The summed E-state index contributed by atoms with van der Waals surface area (Å²) in [5.41, 5.74) is 7.85. The highest BCUT2D eigenvalue weighted by Gasteiger charge is 2.38. The summed E-state index contributed by atoms with van der Waals surface area (Å²) in [5, 5.41) is 29.4. The number of fused-ring (bicyclic) bond motifs is 1. The van der Waals surface area contributed by atoms with Crippen molar-refractivity contribution in [1.29, 1.82) is 0 Å². The van der Waals surface area contributed by atoms with E-state index >= 15 is 0 Å². The lowest BCUT2D eigenvalue weighted by Gasteiger charge is -2.12. The molecule has 1 saturated heterocycles. The second-order valence-corrected chi connectivity index (χ2v) is 6.33. The maximum absolute atomic E-state index is 10.1. The van der Waals surface area contributed by atoms with Crippen molar-refractivity contribution in [3.8, 4) is 5.75 Å². The smallest absolute Gasteiger partial charge is 0.263 e. The second kappa shape index (κ2) is 6.52. The number of ether oxygens (including phenoxy) is 1. The van der Waals surface area contributed by atoms with Crippen LogP contribution in [0.15, 0.2) is 36.9 Å². The Hall–Kier alpha value is -2.75. The zero-order chi connectivity index (χ0) is 18.3. The molecule has 2 aromatic heterocycles. The summed E-state index contributed by atoms with van der Waals surface area (Å²) in [5.74, 6) is 0.466. The third-order valence-corrected chi connectivity index (χ3v) is 4.65. The number of aromatic nitrogens is 4. The van der Waals surface area contributed by atoms with Crippen LogP contribution in [0.5, 0.6) is 5.75 Å². The molecule has 9 nitrogen and oxygen atoms in total. The van der Waals surface area contributed by atoms with Gasteiger partial charge in [-0.2, -0.15) is 0 Å². The number of para-hydroxylation sites is 1. The van der Waals surface area contributed by atoms with Crippen molar-refractivity contribution in [3.05, 3.63) is 42.5 Å². The molecule has 0 saturated carbocycles. The third-order valence-electron chi connectivity index (χ3n) is 4.65. The molecule has 5 N–H and O–H groups in total. The number of hydrogen-bond acceptors (Lipinski definition) is 7. The van der Waals surface area contributed by atoms with Gasteiger partial charge in [0.1, 0.15) is 18.4 Å². The van der Waals surface area contributed by atoms with Crippen molar-refractivity contribution in [1.82, 2.24) is 14.5 Å². The first kappa shape index (κ1) is 16.7. The topological polar surface area (TPSA) is 131 Å². The van der Waals surface area contributed by atoms with E-state index in [-0.39, 0.29) is 18.2 Å². The number of benzene rings is 1. The van der Waals surface area contributed by atoms with Gasteiger partial charge in [0.2, 0.25) is 12.1 Å². The highest BCUT2D eigenvalue weighted by molar-refractivity contribution is 5.78. The molecule has 1 aliphatic heterocycles. The Morgan fingerprint density at radius 3 is 2.85 bits per heavy atom. The van der Waals surface area contributed by atoms with Gasteiger partial charge in [-0.05, 0) is 6.07 Å². The molecule has 0 amide bonds. The van der Waals surface area contributed by atoms with Gasteiger partial charge in [0.05, 0.1) is 12.7 Å². The van der Waals surface area contributed by atoms with Gasteiger partial charge in [-0.15, -0.1) is 0 Å². The SMILES string of the molecule is Nc1nc[n+](Cc2ccccc2O)c2c1ncn2[C@H]1C[C@H](O)[C@@H](CO)O1. The van der Waals surface area contributed by atoms with Crippen LogP contribution >= 0.6 is 0 Å². The minimum absolute atomic E-state index is 0.184. The van der Waals surface area contributed by atoms with Gasteiger partial charge in [-0.3, -0.25) is 0 Å². The summed E-state index contributed by atoms with van der Waals surface area (Å²) in [4.78, 5) is 8.50. The van der Waals surface area contributed by atoms with Gasteiger partial charge in [-0.1, -0.05) is 23.2 Å². The Bertz CT molecular complexity index is 944. The number of nitrogen functional groups attached to an aromatic ring is 1. The van der Waals surface area contributed by atoms with Crippen LogP contribution < -0.4 is 10.3 Å². The molecule has 0 spiro atoms. The van der Waals surface area contributed by atoms with E-state index in [4.69, 9.17) is 10.5 Å². The molecule has 1 aromatic carbocycles. The van der Waals surface area contributed by atoms with Crippen molar-refractivity contribution in [2.45, 2.75) is 31.4 Å². The molecule has 3 heterocycles. The van der Waals surface area contributed by atoms with Crippen molar-refractivity contribution in [3.63, 3.8) is 0 Å². The number of nitrogens with zero attached hydrogens (tertiary/aromatic N) is 4. The first-order valence-electron chi connectivity index (χ1n) is 8.30. The first-order valence-corrected chi connectivity index (χ1v) is 8.30. The minimum Gasteiger partial charge on any atom is -0.508 e. The molecule has 0 radical (unpaired) electrons. The van der Waals surface area contributed by atoms with Crippen LogP contribution in [0.3, 0.4) is 0 Å². The lowest BCUT2D eigenvalue weighted by Crippen LogP contribution is -2.38. The average molecular weight is 358 g/mol. The van der Waals surface area contributed by atoms with Gasteiger partial charge in [0.25, 0.3) is 5.65 Å². The van der Waals surface area contributed by atoms with Crippen LogP contribution in [0.2, 0.25) is 0 Å². The van der Waals surface area contributed by atoms with Crippen molar-refractivity contribution in [2.24, 2.45) is 0 Å². The van der Waals surface area contributed by atoms with Crippen molar-refractivity contribution >= 4 is 17.0 Å². The number of nitrogens with two attached hydrogens (primary N) is 1. The van der Waals surface area contributed by atoms with Crippen molar-refractivity contribution < 1.29 is 24.6 Å². The fourth-order valence-electron chi connectivity index (χ4n) is 3.27. The molecule has 0 aliphatic carbocycles. The predicted octanol–water partition coefficient (Wildman–Crippen LogP) is -0.304. The summed E-state index contributed by atoms with van der Waals surface area (Å²) in [7, 11) is 0. The molecule has 1 fully saturated rings. The minimum atomic E-state index is -0.756. The number of hydrogen-bond donors (Lipinski definition) is 4. The van der Waals surface area contributed by atoms with Crippen LogP contribution in [0.1, 0.15) is 18.2 Å². The van der Waals surface area contributed by atoms with E-state index in [1.807, 2.05) is 16.7 Å². The molecular weight excluding hydrogens is 338 g/mol. The van der Waals surface area contributed by atoms with Gasteiger partial charge in [0, 0.05) is 12.0 Å². The van der Waals surface area contributed by atoms with E-state index in [0.717, 1.165) is 5.56 Å². The van der Waals surface area contributed by atoms with Crippen LogP contribution in [-0.2, 0) is 11.3 Å². The average Bonchev–Trinajstić information content (AvgIpc) is 3.23. The summed E-state index contributed by atoms with van der Waals surface area (Å²) >= 11 is 0. The Balaban J connectivity index is 1.78. The normalized spacial score (nSPS) is 22.9. The molecule has 3 aromatic rings. The van der Waals surface area contributed by atoms with Crippen LogP contribution in [0, 0.1) is 0 Å². The van der Waals surface area contributed by atoms with Gasteiger partial charge in [-0.25, -0.2) is 14.1 Å². The summed E-state index contributed by atoms with van der Waals surface area (Å²) in [6.07, 6.45) is 1.62. The van der Waals surface area contributed by atoms with Crippen LogP contribution in [0.4, 0.5) is 5.82 Å². The maximum Gasteiger partial charge on any atom is 0.263 e. The lowest BCUT2D eigenvalue weighted by molar-refractivity contribution is -0.668. The monoisotopic (exact) mass is 358 g/mol. The summed E-state index contributed by atoms with van der Waals surface area (Å²) < 4.78 is 9.33. The highest BCUT2D eigenvalue weighted by Crippen LogP contribution is 2.31. The number of rotatable bonds is 4. The van der Waals surface area contributed by atoms with E-state index in [2.05, 4.69) is 9.97 Å². The largest absolute Gasteiger partial charge is 0.508 e. The zero-order valence-corrected chi connectivity index (χ0v) is 13.9. The van der Waals surface area contributed by atoms with Crippen LogP contribution in [0.25, 0.3) is 11.2 Å². The number of phenols is 1. The standard InChI is InChI=1S/C17H19N5O4/c18-16-15-17(21(8-20-16)6-10-3-1-2-4-11(10)24)22(9-19-15)14-5-12(25)13(7-23)26-14/h1-4,8-9,12-14,18,23-25H,5-7H2/p+1/t12-,13+,14+/m0/s1. The first-order chi connectivity index (χ1) is 12.6. The van der Waals surface area contributed by atoms with E-state index in [0.29, 0.717) is 24.1 Å². The van der Waals surface area contributed by atoms with Crippen LogP contribution in [-0.4, -0.2) is 48.7 Å². The Morgan fingerprint density at radius 2 is 2.12 bits per heavy atom. The number of phenolic OH excluding ortho intramolecular Hbond substituents is 1. The Kier molecular flexibility index (Phi) is 4.19. The van der Waals surface area contributed by atoms with E-state index in [9.17, 15) is 15.3 Å². The Morgan fingerprint density at radius 1 is 1.31 bits per heavy atom. The predicted molar refractivity (Wildman–Crippen MR) is 91.0 cm³/mol. The number of aliphatic hydroxyl groups excluding tert-OH is 2. The number of anilines is 1. The molecule has 0 bridgehead atoms. The summed E-state index contributed by atoms with van der Waals surface area (Å²) in [6, 6.07) is 7.05. The van der Waals surface area contributed by atoms with E-state index in [1.54, 1.807) is 29.4 Å².